The molecule has 2 N–H and O–H groups in total. The lowest BCUT2D eigenvalue weighted by molar-refractivity contribution is 0.0697. The molecule has 0 aliphatic heterocycles. The van der Waals surface area contributed by atoms with Crippen molar-refractivity contribution in [1.29, 1.82) is 0 Å². The van der Waals surface area contributed by atoms with E-state index in [-0.39, 0.29) is 5.56 Å². The van der Waals surface area contributed by atoms with Crippen molar-refractivity contribution in [3.63, 3.8) is 0 Å². The summed E-state index contributed by atoms with van der Waals surface area (Å²) in [6, 6.07) is 9.70. The third-order valence-electron chi connectivity index (χ3n) is 6.42. The maximum Gasteiger partial charge on any atom is 0.339 e. The van der Waals surface area contributed by atoms with Crippen LogP contribution in [0.1, 0.15) is 55.5 Å². The molecule has 0 amide bonds. The molecule has 2 unspecified atom stereocenters. The number of rotatable bonds is 4. The van der Waals surface area contributed by atoms with Crippen molar-refractivity contribution in [1.82, 2.24) is 4.98 Å². The molecule has 2 atom stereocenters. The van der Waals surface area contributed by atoms with Crippen LogP contribution >= 0.6 is 15.9 Å². The smallest absolute Gasteiger partial charge is 0.339 e. The fourth-order valence-electron chi connectivity index (χ4n) is 5.55. The van der Waals surface area contributed by atoms with E-state index >= 15 is 0 Å². The van der Waals surface area contributed by atoms with Crippen molar-refractivity contribution < 1.29 is 9.90 Å². The zero-order chi connectivity index (χ0) is 19.2. The Hall–Kier alpha value is -1.88. The van der Waals surface area contributed by atoms with Crippen LogP contribution in [-0.4, -0.2) is 16.1 Å². The van der Waals surface area contributed by atoms with Crippen LogP contribution in [-0.2, 0) is 5.41 Å². The molecule has 0 spiro atoms. The molecule has 2 aromatic rings. The van der Waals surface area contributed by atoms with E-state index in [4.69, 9.17) is 0 Å². The Kier molecular flexibility index (Phi) is 4.75. The first-order valence-electron chi connectivity index (χ1n) is 9.64. The Morgan fingerprint density at radius 1 is 1.22 bits per heavy atom. The number of benzene rings is 1. The van der Waals surface area contributed by atoms with E-state index in [1.807, 2.05) is 0 Å². The van der Waals surface area contributed by atoms with Crippen LogP contribution in [0.4, 0.5) is 11.5 Å². The highest BCUT2D eigenvalue weighted by atomic mass is 79.9. The SMILES string of the molecule is CC1CC2CC(C)CC2(c2ccc(Nc3ncccc3C(=O)O)c(Br)c2)C1. The van der Waals surface area contributed by atoms with Gasteiger partial charge in [0.1, 0.15) is 11.4 Å². The van der Waals surface area contributed by atoms with Gasteiger partial charge in [-0.05, 0) is 94.6 Å². The number of anilines is 2. The zero-order valence-electron chi connectivity index (χ0n) is 15.7. The summed E-state index contributed by atoms with van der Waals surface area (Å²) in [5, 5.41) is 12.5. The van der Waals surface area contributed by atoms with Crippen LogP contribution in [0.25, 0.3) is 0 Å². The molecule has 2 fully saturated rings. The van der Waals surface area contributed by atoms with Gasteiger partial charge in [-0.1, -0.05) is 19.9 Å². The Labute approximate surface area is 168 Å². The molecule has 2 aliphatic rings. The van der Waals surface area contributed by atoms with Gasteiger partial charge in [0.25, 0.3) is 0 Å². The Morgan fingerprint density at radius 2 is 1.93 bits per heavy atom. The third-order valence-corrected chi connectivity index (χ3v) is 7.07. The lowest BCUT2D eigenvalue weighted by Gasteiger charge is -2.31. The number of carbonyl (C=O) groups is 1. The third kappa shape index (κ3) is 3.27. The zero-order valence-corrected chi connectivity index (χ0v) is 17.3. The standard InChI is InChI=1S/C22H25BrN2O2/c1-13-8-16-9-14(2)12-22(16,11-13)15-5-6-19(18(23)10-15)25-20-17(21(26)27)4-3-7-24-20/h3-7,10,13-14,16H,8-9,11-12H2,1-2H3,(H,24,25)(H,26,27). The lowest BCUT2D eigenvalue weighted by Crippen LogP contribution is -2.25. The Balaban J connectivity index is 1.65. The molecule has 1 aromatic carbocycles. The van der Waals surface area contributed by atoms with Gasteiger partial charge in [-0.3, -0.25) is 0 Å². The number of hydrogen-bond acceptors (Lipinski definition) is 3. The highest BCUT2D eigenvalue weighted by molar-refractivity contribution is 9.10. The van der Waals surface area contributed by atoms with E-state index in [1.54, 1.807) is 18.3 Å². The molecule has 2 saturated carbocycles. The second kappa shape index (κ2) is 6.93. The molecular formula is C22H25BrN2O2. The fourth-order valence-corrected chi connectivity index (χ4v) is 6.03. The number of aromatic nitrogens is 1. The molecule has 0 bridgehead atoms. The summed E-state index contributed by atoms with van der Waals surface area (Å²) in [6.07, 6.45) is 6.80. The summed E-state index contributed by atoms with van der Waals surface area (Å²) in [6.45, 7) is 4.76. The number of pyridine rings is 1. The lowest BCUT2D eigenvalue weighted by atomic mass is 9.73. The summed E-state index contributed by atoms with van der Waals surface area (Å²) < 4.78 is 0.953. The maximum absolute atomic E-state index is 11.4. The first-order valence-corrected chi connectivity index (χ1v) is 10.4. The average Bonchev–Trinajstić information content (AvgIpc) is 3.08. The van der Waals surface area contributed by atoms with Crippen molar-refractivity contribution in [2.45, 2.75) is 44.9 Å². The number of fused-ring (bicyclic) bond motifs is 1. The predicted molar refractivity (Wildman–Crippen MR) is 111 cm³/mol. The molecule has 142 valence electrons. The molecule has 0 radical (unpaired) electrons. The van der Waals surface area contributed by atoms with Crippen molar-refractivity contribution in [3.8, 4) is 0 Å². The van der Waals surface area contributed by atoms with Crippen LogP contribution in [0.15, 0.2) is 41.0 Å². The summed E-state index contributed by atoms with van der Waals surface area (Å²) in [7, 11) is 0. The van der Waals surface area contributed by atoms with E-state index in [9.17, 15) is 9.90 Å². The molecule has 5 heteroatoms. The number of hydrogen-bond donors (Lipinski definition) is 2. The highest BCUT2D eigenvalue weighted by Crippen LogP contribution is 2.59. The maximum atomic E-state index is 11.4. The Morgan fingerprint density at radius 3 is 2.56 bits per heavy atom. The molecular weight excluding hydrogens is 404 g/mol. The van der Waals surface area contributed by atoms with E-state index < -0.39 is 5.97 Å². The largest absolute Gasteiger partial charge is 0.478 e. The van der Waals surface area contributed by atoms with Gasteiger partial charge in [-0.2, -0.15) is 0 Å². The number of carboxylic acids is 1. The van der Waals surface area contributed by atoms with Crippen LogP contribution in [0.5, 0.6) is 0 Å². The summed E-state index contributed by atoms with van der Waals surface area (Å²) in [5.74, 6) is 1.72. The molecule has 4 nitrogen and oxygen atoms in total. The molecule has 1 heterocycles. The van der Waals surface area contributed by atoms with Gasteiger partial charge in [0, 0.05) is 10.7 Å². The molecule has 27 heavy (non-hydrogen) atoms. The summed E-state index contributed by atoms with van der Waals surface area (Å²) in [4.78, 5) is 15.6. The van der Waals surface area contributed by atoms with Crippen LogP contribution < -0.4 is 5.32 Å². The fraction of sp³-hybridized carbons (Fsp3) is 0.455. The van der Waals surface area contributed by atoms with E-state index in [0.29, 0.717) is 11.2 Å². The van der Waals surface area contributed by atoms with Gasteiger partial charge in [-0.25, -0.2) is 9.78 Å². The summed E-state index contributed by atoms with van der Waals surface area (Å²) in [5.41, 5.74) is 2.72. The molecule has 1 aromatic heterocycles. The van der Waals surface area contributed by atoms with Crippen LogP contribution in [0.3, 0.4) is 0 Å². The highest BCUT2D eigenvalue weighted by Gasteiger charge is 2.51. The number of halogens is 1. The number of aromatic carboxylic acids is 1. The minimum Gasteiger partial charge on any atom is -0.478 e. The minimum absolute atomic E-state index is 0.168. The van der Waals surface area contributed by atoms with Gasteiger partial charge in [0.2, 0.25) is 0 Å². The monoisotopic (exact) mass is 428 g/mol. The number of carboxylic acid groups (broad SMARTS) is 1. The quantitative estimate of drug-likeness (QED) is 0.626. The molecule has 4 rings (SSSR count). The molecule has 2 aliphatic carbocycles. The Bertz CT molecular complexity index is 868. The number of nitrogens with zero attached hydrogens (tertiary/aromatic N) is 1. The van der Waals surface area contributed by atoms with E-state index in [0.717, 1.165) is 27.9 Å². The van der Waals surface area contributed by atoms with Crippen LogP contribution in [0, 0.1) is 17.8 Å². The van der Waals surface area contributed by atoms with E-state index in [1.165, 1.54) is 31.2 Å². The minimum atomic E-state index is -0.986. The molecule has 0 saturated heterocycles. The van der Waals surface area contributed by atoms with E-state index in [2.05, 4.69) is 58.3 Å². The van der Waals surface area contributed by atoms with Gasteiger partial charge in [0.05, 0.1) is 5.69 Å². The van der Waals surface area contributed by atoms with Crippen molar-refractivity contribution in [3.05, 3.63) is 52.1 Å². The van der Waals surface area contributed by atoms with Gasteiger partial charge < -0.3 is 10.4 Å². The first-order chi connectivity index (χ1) is 12.9. The summed E-state index contributed by atoms with van der Waals surface area (Å²) >= 11 is 3.70. The second-order valence-electron chi connectivity index (χ2n) is 8.47. The van der Waals surface area contributed by atoms with Crippen molar-refractivity contribution in [2.75, 3.05) is 5.32 Å². The van der Waals surface area contributed by atoms with Gasteiger partial charge in [-0.15, -0.1) is 0 Å². The normalized spacial score (nSPS) is 29.5. The van der Waals surface area contributed by atoms with Crippen molar-refractivity contribution in [2.24, 2.45) is 17.8 Å². The number of nitrogens with one attached hydrogen (secondary N) is 1. The van der Waals surface area contributed by atoms with Crippen molar-refractivity contribution >= 4 is 33.4 Å². The predicted octanol–water partition coefficient (Wildman–Crippen LogP) is 6.00. The second-order valence-corrected chi connectivity index (χ2v) is 9.32. The topological polar surface area (TPSA) is 62.2 Å². The van der Waals surface area contributed by atoms with Gasteiger partial charge in [0.15, 0.2) is 0 Å². The average molecular weight is 429 g/mol. The first kappa shape index (κ1) is 18.5. The van der Waals surface area contributed by atoms with Crippen LogP contribution in [0.2, 0.25) is 0 Å². The van der Waals surface area contributed by atoms with Gasteiger partial charge >= 0.3 is 5.97 Å².